The third-order valence-electron chi connectivity index (χ3n) is 2.90. The van der Waals surface area contributed by atoms with Crippen molar-refractivity contribution in [1.82, 2.24) is 0 Å². The summed E-state index contributed by atoms with van der Waals surface area (Å²) < 4.78 is 0. The van der Waals surface area contributed by atoms with Crippen molar-refractivity contribution in [1.29, 1.82) is 0 Å². The van der Waals surface area contributed by atoms with Crippen LogP contribution in [0.4, 0.5) is 0 Å². The van der Waals surface area contributed by atoms with Gasteiger partial charge in [0.2, 0.25) is 0 Å². The molecule has 0 radical (unpaired) electrons. The van der Waals surface area contributed by atoms with Crippen LogP contribution >= 0.6 is 27.3 Å². The zero-order chi connectivity index (χ0) is 8.60. The van der Waals surface area contributed by atoms with E-state index in [0.29, 0.717) is 5.41 Å². The molecule has 1 saturated carbocycles. The molecule has 1 fully saturated rings. The molecule has 0 amide bonds. The first kappa shape index (κ1) is 8.76. The molecule has 2 unspecified atom stereocenters. The van der Waals surface area contributed by atoms with E-state index in [0.717, 1.165) is 4.83 Å². The number of hydrogen-bond acceptors (Lipinski definition) is 1. The highest BCUT2D eigenvalue weighted by atomic mass is 79.9. The molecule has 0 saturated heterocycles. The second kappa shape index (κ2) is 3.15. The average molecular weight is 245 g/mol. The van der Waals surface area contributed by atoms with Crippen LogP contribution in [-0.4, -0.2) is 4.83 Å². The van der Waals surface area contributed by atoms with E-state index in [-0.39, 0.29) is 0 Å². The highest BCUT2D eigenvalue weighted by Gasteiger charge is 2.35. The Labute approximate surface area is 86.1 Å². The summed E-state index contributed by atoms with van der Waals surface area (Å²) in [5, 5.41) is 4.48. The Morgan fingerprint density at radius 2 is 2.50 bits per heavy atom. The summed E-state index contributed by atoms with van der Waals surface area (Å²) in [5.41, 5.74) is 1.99. The number of hydrogen-bond donors (Lipinski definition) is 0. The van der Waals surface area contributed by atoms with E-state index in [1.54, 1.807) is 0 Å². The summed E-state index contributed by atoms with van der Waals surface area (Å²) in [4.78, 5) is 0.738. The number of rotatable bonds is 1. The fourth-order valence-corrected chi connectivity index (χ4v) is 3.80. The highest BCUT2D eigenvalue weighted by Crippen LogP contribution is 2.43. The van der Waals surface area contributed by atoms with E-state index >= 15 is 0 Å². The fourth-order valence-electron chi connectivity index (χ4n) is 2.04. The number of alkyl halides is 1. The topological polar surface area (TPSA) is 0 Å². The molecule has 2 atom stereocenters. The Morgan fingerprint density at radius 3 is 3.00 bits per heavy atom. The zero-order valence-electron chi connectivity index (χ0n) is 7.22. The van der Waals surface area contributed by atoms with Crippen molar-refractivity contribution in [3.63, 3.8) is 0 Å². The summed E-state index contributed by atoms with van der Waals surface area (Å²) in [7, 11) is 0. The molecule has 0 N–H and O–H groups in total. The molecule has 0 bridgehead atoms. The van der Waals surface area contributed by atoms with Crippen LogP contribution in [0.15, 0.2) is 16.8 Å². The van der Waals surface area contributed by atoms with Crippen LogP contribution in [0.2, 0.25) is 0 Å². The van der Waals surface area contributed by atoms with Gasteiger partial charge < -0.3 is 0 Å². The lowest BCUT2D eigenvalue weighted by molar-refractivity contribution is 0.495. The Morgan fingerprint density at radius 1 is 1.67 bits per heavy atom. The van der Waals surface area contributed by atoms with Crippen molar-refractivity contribution in [2.45, 2.75) is 36.4 Å². The van der Waals surface area contributed by atoms with Crippen LogP contribution < -0.4 is 0 Å². The second-order valence-electron chi connectivity index (χ2n) is 3.91. The molecule has 1 aliphatic carbocycles. The van der Waals surface area contributed by atoms with Gasteiger partial charge in [0, 0.05) is 4.83 Å². The molecule has 0 aromatic carbocycles. The van der Waals surface area contributed by atoms with Crippen LogP contribution in [0.5, 0.6) is 0 Å². The van der Waals surface area contributed by atoms with Gasteiger partial charge in [-0.3, -0.25) is 0 Å². The van der Waals surface area contributed by atoms with E-state index in [9.17, 15) is 0 Å². The summed E-state index contributed by atoms with van der Waals surface area (Å²) in [5.74, 6) is 0. The maximum atomic E-state index is 3.70. The molecule has 0 spiro atoms. The van der Waals surface area contributed by atoms with Gasteiger partial charge in [-0.15, -0.1) is 0 Å². The molecular weight excluding hydrogens is 232 g/mol. The quantitative estimate of drug-likeness (QED) is 0.657. The maximum absolute atomic E-state index is 3.70. The van der Waals surface area contributed by atoms with Crippen LogP contribution in [0.3, 0.4) is 0 Å². The summed E-state index contributed by atoms with van der Waals surface area (Å²) in [6.07, 6.45) is 3.95. The lowest BCUT2D eigenvalue weighted by Gasteiger charge is -2.22. The second-order valence-corrected chi connectivity index (χ2v) is 5.99. The first-order valence-electron chi connectivity index (χ1n) is 4.37. The van der Waals surface area contributed by atoms with Crippen LogP contribution in [0.1, 0.15) is 31.7 Å². The normalized spacial score (nSPS) is 35.7. The minimum Gasteiger partial charge on any atom is -0.152 e. The molecule has 0 nitrogen and oxygen atoms in total. The standard InChI is InChI=1S/C10H13BrS/c1-10(4-2-9(11)6-10)8-3-5-12-7-8/h3,5,7,9H,2,4,6H2,1H3. The zero-order valence-corrected chi connectivity index (χ0v) is 9.62. The Bertz CT molecular complexity index is 255. The maximum Gasteiger partial charge on any atom is 0.0154 e. The SMILES string of the molecule is CC1(c2ccsc2)CCC(Br)C1. The molecule has 2 heteroatoms. The molecular formula is C10H13BrS. The molecule has 1 aromatic heterocycles. The Hall–Kier alpha value is 0.180. The van der Waals surface area contributed by atoms with Gasteiger partial charge in [0.25, 0.3) is 0 Å². The fraction of sp³-hybridized carbons (Fsp3) is 0.600. The monoisotopic (exact) mass is 244 g/mol. The minimum absolute atomic E-state index is 0.453. The molecule has 1 aliphatic rings. The van der Waals surface area contributed by atoms with Crippen LogP contribution in [0, 0.1) is 0 Å². The summed E-state index contributed by atoms with van der Waals surface area (Å²) >= 11 is 5.51. The smallest absolute Gasteiger partial charge is 0.0154 e. The molecule has 66 valence electrons. The highest BCUT2D eigenvalue weighted by molar-refractivity contribution is 9.09. The molecule has 2 rings (SSSR count). The van der Waals surface area contributed by atoms with Crippen molar-refractivity contribution in [3.8, 4) is 0 Å². The van der Waals surface area contributed by atoms with Gasteiger partial charge in [0.15, 0.2) is 0 Å². The lowest BCUT2D eigenvalue weighted by atomic mass is 9.83. The third kappa shape index (κ3) is 1.47. The van der Waals surface area contributed by atoms with Gasteiger partial charge in [-0.1, -0.05) is 22.9 Å². The van der Waals surface area contributed by atoms with Crippen molar-refractivity contribution >= 4 is 27.3 Å². The van der Waals surface area contributed by atoms with E-state index < -0.39 is 0 Å². The average Bonchev–Trinajstić information content (AvgIpc) is 2.59. The Balaban J connectivity index is 2.23. The van der Waals surface area contributed by atoms with Gasteiger partial charge in [-0.25, -0.2) is 0 Å². The first-order chi connectivity index (χ1) is 5.71. The van der Waals surface area contributed by atoms with E-state index in [1.807, 2.05) is 11.3 Å². The molecule has 1 aromatic rings. The van der Waals surface area contributed by atoms with Crippen LogP contribution in [0.25, 0.3) is 0 Å². The van der Waals surface area contributed by atoms with E-state index in [2.05, 4.69) is 39.7 Å². The lowest BCUT2D eigenvalue weighted by Crippen LogP contribution is -2.16. The van der Waals surface area contributed by atoms with Gasteiger partial charge in [-0.2, -0.15) is 11.3 Å². The number of halogens is 1. The summed E-state index contributed by atoms with van der Waals surface area (Å²) in [6.45, 7) is 2.39. The number of thiophene rings is 1. The predicted molar refractivity (Wildman–Crippen MR) is 58.2 cm³/mol. The van der Waals surface area contributed by atoms with Crippen molar-refractivity contribution in [3.05, 3.63) is 22.4 Å². The van der Waals surface area contributed by atoms with Crippen molar-refractivity contribution < 1.29 is 0 Å². The van der Waals surface area contributed by atoms with Gasteiger partial charge >= 0.3 is 0 Å². The third-order valence-corrected chi connectivity index (χ3v) is 4.36. The Kier molecular flexibility index (Phi) is 2.30. The van der Waals surface area contributed by atoms with E-state index in [4.69, 9.17) is 0 Å². The first-order valence-corrected chi connectivity index (χ1v) is 6.23. The summed E-state index contributed by atoms with van der Waals surface area (Å²) in [6, 6.07) is 2.27. The molecule has 1 heterocycles. The van der Waals surface area contributed by atoms with Gasteiger partial charge in [0.05, 0.1) is 0 Å². The van der Waals surface area contributed by atoms with Gasteiger partial charge in [0.1, 0.15) is 0 Å². The van der Waals surface area contributed by atoms with Crippen molar-refractivity contribution in [2.75, 3.05) is 0 Å². The van der Waals surface area contributed by atoms with E-state index in [1.165, 1.54) is 24.8 Å². The molecule has 12 heavy (non-hydrogen) atoms. The van der Waals surface area contributed by atoms with Crippen molar-refractivity contribution in [2.24, 2.45) is 0 Å². The van der Waals surface area contributed by atoms with Gasteiger partial charge in [-0.05, 0) is 47.1 Å². The predicted octanol–water partition coefficient (Wildman–Crippen LogP) is 3.95. The van der Waals surface area contributed by atoms with Crippen LogP contribution in [-0.2, 0) is 5.41 Å². The minimum atomic E-state index is 0.453. The molecule has 0 aliphatic heterocycles. The largest absolute Gasteiger partial charge is 0.152 e.